The molecule has 0 fully saturated rings. The van der Waals surface area contributed by atoms with Crippen molar-refractivity contribution in [3.05, 3.63) is 53.6 Å². The summed E-state index contributed by atoms with van der Waals surface area (Å²) in [4.78, 5) is 16.0. The Balaban J connectivity index is 1.65. The third kappa shape index (κ3) is 3.56. The molecule has 2 heterocycles. The molecule has 0 saturated carbocycles. The maximum atomic E-state index is 13.0. The summed E-state index contributed by atoms with van der Waals surface area (Å²) in [6.07, 6.45) is 3.65. The molecule has 5 nitrogen and oxygen atoms in total. The van der Waals surface area contributed by atoms with Crippen LogP contribution in [0.2, 0.25) is 0 Å². The van der Waals surface area contributed by atoms with Gasteiger partial charge in [0, 0.05) is 18.3 Å². The molecule has 0 spiro atoms. The number of pyridine rings is 1. The number of nitrogens with zero attached hydrogens (tertiary/aromatic N) is 1. The standard InChI is InChI=1S/C16H15FN2O3S/c17-13-7-11(9-18-10-13)1-4-16(20)19-14-3-2-12-5-6-23(21,22)15(12)8-14/h2-3,7-10H,1,4-6H2,(H,19,20). The lowest BCUT2D eigenvalue weighted by atomic mass is 10.1. The molecule has 0 radical (unpaired) electrons. The number of carbonyl (C=O) groups excluding carboxylic acids is 1. The topological polar surface area (TPSA) is 76.1 Å². The molecule has 3 rings (SSSR count). The average Bonchev–Trinajstić information content (AvgIpc) is 2.81. The zero-order valence-corrected chi connectivity index (χ0v) is 13.1. The number of rotatable bonds is 4. The van der Waals surface area contributed by atoms with Crippen LogP contribution >= 0.6 is 0 Å². The van der Waals surface area contributed by atoms with Gasteiger partial charge >= 0.3 is 0 Å². The van der Waals surface area contributed by atoms with Gasteiger partial charge in [-0.05, 0) is 42.2 Å². The Hall–Kier alpha value is -2.28. The van der Waals surface area contributed by atoms with E-state index in [-0.39, 0.29) is 18.1 Å². The first kappa shape index (κ1) is 15.6. The highest BCUT2D eigenvalue weighted by atomic mass is 32.2. The number of carbonyl (C=O) groups is 1. The van der Waals surface area contributed by atoms with Crippen molar-refractivity contribution in [2.24, 2.45) is 0 Å². The second-order valence-corrected chi connectivity index (χ2v) is 7.53. The van der Waals surface area contributed by atoms with Crippen molar-refractivity contribution in [3.8, 4) is 0 Å². The summed E-state index contributed by atoms with van der Waals surface area (Å²) in [5.41, 5.74) is 1.88. The van der Waals surface area contributed by atoms with Gasteiger partial charge in [-0.15, -0.1) is 0 Å². The molecule has 1 aromatic carbocycles. The molecule has 0 saturated heterocycles. The number of nitrogens with one attached hydrogen (secondary N) is 1. The molecule has 120 valence electrons. The Labute approximate surface area is 133 Å². The van der Waals surface area contributed by atoms with Crippen LogP contribution < -0.4 is 5.32 Å². The molecule has 1 aliphatic rings. The summed E-state index contributed by atoms with van der Waals surface area (Å²) in [7, 11) is -3.23. The fraction of sp³-hybridized carbons (Fsp3) is 0.250. The minimum atomic E-state index is -3.23. The Bertz CT molecular complexity index is 865. The second-order valence-electron chi connectivity index (χ2n) is 5.45. The molecular weight excluding hydrogens is 319 g/mol. The van der Waals surface area contributed by atoms with Gasteiger partial charge in [0.25, 0.3) is 0 Å². The van der Waals surface area contributed by atoms with E-state index < -0.39 is 15.7 Å². The van der Waals surface area contributed by atoms with Gasteiger partial charge in [-0.3, -0.25) is 9.78 Å². The number of benzene rings is 1. The number of hydrogen-bond donors (Lipinski definition) is 1. The van der Waals surface area contributed by atoms with Crippen molar-refractivity contribution < 1.29 is 17.6 Å². The maximum absolute atomic E-state index is 13.0. The van der Waals surface area contributed by atoms with Crippen LogP contribution in [-0.4, -0.2) is 25.1 Å². The lowest BCUT2D eigenvalue weighted by molar-refractivity contribution is -0.116. The Morgan fingerprint density at radius 3 is 2.87 bits per heavy atom. The van der Waals surface area contributed by atoms with E-state index in [0.717, 1.165) is 11.8 Å². The number of amides is 1. The van der Waals surface area contributed by atoms with Crippen LogP contribution in [0.4, 0.5) is 10.1 Å². The van der Waals surface area contributed by atoms with Crippen molar-refractivity contribution >= 4 is 21.4 Å². The molecule has 2 aromatic rings. The number of hydrogen-bond acceptors (Lipinski definition) is 4. The van der Waals surface area contributed by atoms with E-state index in [0.29, 0.717) is 29.0 Å². The van der Waals surface area contributed by atoms with Gasteiger partial charge in [-0.2, -0.15) is 0 Å². The second kappa shape index (κ2) is 6.08. The summed E-state index contributed by atoms with van der Waals surface area (Å²) in [5.74, 6) is -0.580. The lowest BCUT2D eigenvalue weighted by Crippen LogP contribution is -2.13. The van der Waals surface area contributed by atoms with Gasteiger partial charge in [-0.25, -0.2) is 12.8 Å². The molecule has 1 aliphatic heterocycles. The monoisotopic (exact) mass is 334 g/mol. The first-order valence-electron chi connectivity index (χ1n) is 7.19. The predicted octanol–water partition coefficient (Wildman–Crippen LogP) is 2.12. The zero-order valence-electron chi connectivity index (χ0n) is 12.3. The molecule has 1 aromatic heterocycles. The van der Waals surface area contributed by atoms with Crippen LogP contribution in [0.1, 0.15) is 17.5 Å². The smallest absolute Gasteiger partial charge is 0.224 e. The highest BCUT2D eigenvalue weighted by molar-refractivity contribution is 7.91. The Morgan fingerprint density at radius 1 is 1.26 bits per heavy atom. The number of fused-ring (bicyclic) bond motifs is 1. The summed E-state index contributed by atoms with van der Waals surface area (Å²) in [5, 5.41) is 2.68. The van der Waals surface area contributed by atoms with Crippen LogP contribution in [0.3, 0.4) is 0 Å². The summed E-state index contributed by atoms with van der Waals surface area (Å²) in [6, 6.07) is 6.26. The Morgan fingerprint density at radius 2 is 2.09 bits per heavy atom. The summed E-state index contributed by atoms with van der Waals surface area (Å²) < 4.78 is 36.8. The third-order valence-corrected chi connectivity index (χ3v) is 5.52. The normalized spacial score (nSPS) is 15.2. The fourth-order valence-electron chi connectivity index (χ4n) is 2.56. The van der Waals surface area contributed by atoms with E-state index in [2.05, 4.69) is 10.3 Å². The minimum Gasteiger partial charge on any atom is -0.326 e. The van der Waals surface area contributed by atoms with E-state index in [4.69, 9.17) is 0 Å². The number of halogens is 1. The first-order valence-corrected chi connectivity index (χ1v) is 8.84. The number of aryl methyl sites for hydroxylation is 2. The molecule has 0 aliphatic carbocycles. The molecule has 0 unspecified atom stereocenters. The van der Waals surface area contributed by atoms with Gasteiger partial charge in [0.05, 0.1) is 16.8 Å². The summed E-state index contributed by atoms with van der Waals surface area (Å²) in [6.45, 7) is 0. The SMILES string of the molecule is O=C(CCc1cncc(F)c1)Nc1ccc2c(c1)S(=O)(=O)CC2. The molecule has 0 bridgehead atoms. The lowest BCUT2D eigenvalue weighted by Gasteiger charge is -2.07. The van der Waals surface area contributed by atoms with Crippen molar-refractivity contribution in [1.82, 2.24) is 4.98 Å². The van der Waals surface area contributed by atoms with Crippen LogP contribution in [0, 0.1) is 5.82 Å². The van der Waals surface area contributed by atoms with E-state index in [1.807, 2.05) is 0 Å². The van der Waals surface area contributed by atoms with Gasteiger partial charge in [0.1, 0.15) is 5.82 Å². The van der Waals surface area contributed by atoms with Crippen LogP contribution in [0.25, 0.3) is 0 Å². The fourth-order valence-corrected chi connectivity index (χ4v) is 4.14. The highest BCUT2D eigenvalue weighted by Crippen LogP contribution is 2.28. The molecule has 1 N–H and O–H groups in total. The van der Waals surface area contributed by atoms with Gasteiger partial charge in [-0.1, -0.05) is 6.07 Å². The van der Waals surface area contributed by atoms with E-state index in [9.17, 15) is 17.6 Å². The predicted molar refractivity (Wildman–Crippen MR) is 83.3 cm³/mol. The maximum Gasteiger partial charge on any atom is 0.224 e. The third-order valence-electron chi connectivity index (χ3n) is 3.73. The zero-order chi connectivity index (χ0) is 16.4. The van der Waals surface area contributed by atoms with Crippen LogP contribution in [-0.2, 0) is 27.5 Å². The largest absolute Gasteiger partial charge is 0.326 e. The Kier molecular flexibility index (Phi) is 4.12. The molecule has 7 heteroatoms. The van der Waals surface area contributed by atoms with E-state index in [1.54, 1.807) is 12.1 Å². The number of sulfone groups is 1. The molecular formula is C16H15FN2O3S. The van der Waals surface area contributed by atoms with Crippen molar-refractivity contribution in [2.75, 3.05) is 11.1 Å². The van der Waals surface area contributed by atoms with Gasteiger partial charge < -0.3 is 5.32 Å². The van der Waals surface area contributed by atoms with Gasteiger partial charge in [0.2, 0.25) is 5.91 Å². The van der Waals surface area contributed by atoms with Crippen molar-refractivity contribution in [2.45, 2.75) is 24.2 Å². The molecule has 23 heavy (non-hydrogen) atoms. The number of anilines is 1. The average molecular weight is 334 g/mol. The van der Waals surface area contributed by atoms with E-state index in [1.165, 1.54) is 18.3 Å². The van der Waals surface area contributed by atoms with E-state index >= 15 is 0 Å². The highest BCUT2D eigenvalue weighted by Gasteiger charge is 2.26. The molecule has 1 amide bonds. The van der Waals surface area contributed by atoms with Crippen molar-refractivity contribution in [1.29, 1.82) is 0 Å². The summed E-state index contributed by atoms with van der Waals surface area (Å²) >= 11 is 0. The van der Waals surface area contributed by atoms with Crippen molar-refractivity contribution in [3.63, 3.8) is 0 Å². The van der Waals surface area contributed by atoms with Gasteiger partial charge in [0.15, 0.2) is 9.84 Å². The minimum absolute atomic E-state index is 0.117. The van der Waals surface area contributed by atoms with Crippen LogP contribution in [0.5, 0.6) is 0 Å². The molecule has 0 atom stereocenters. The van der Waals surface area contributed by atoms with Crippen LogP contribution in [0.15, 0.2) is 41.6 Å². The number of aromatic nitrogens is 1. The quantitative estimate of drug-likeness (QED) is 0.929. The first-order chi connectivity index (χ1) is 10.9.